The van der Waals surface area contributed by atoms with Crippen LogP contribution in [0.2, 0.25) is 0 Å². The number of esters is 1. The Kier molecular flexibility index (Phi) is 4.53. The van der Waals surface area contributed by atoms with Gasteiger partial charge < -0.3 is 9.84 Å². The Morgan fingerprint density at radius 3 is 2.86 bits per heavy atom. The maximum absolute atomic E-state index is 11.3. The van der Waals surface area contributed by atoms with Gasteiger partial charge in [0, 0.05) is 18.4 Å². The van der Waals surface area contributed by atoms with Crippen LogP contribution in [0.4, 0.5) is 0 Å². The van der Waals surface area contributed by atoms with Crippen LogP contribution in [0.1, 0.15) is 39.5 Å². The molecule has 2 unspecified atom stereocenters. The summed E-state index contributed by atoms with van der Waals surface area (Å²) in [6.45, 7) is 4.40. The predicted octanol–water partition coefficient (Wildman–Crippen LogP) is 3.40. The molecule has 0 aromatic carbocycles. The lowest BCUT2D eigenvalue weighted by Gasteiger charge is -2.42. The second-order valence-corrected chi connectivity index (χ2v) is 7.13. The minimum atomic E-state index is -0.249. The third-order valence-electron chi connectivity index (χ3n) is 5.38. The van der Waals surface area contributed by atoms with E-state index in [9.17, 15) is 9.90 Å². The minimum Gasteiger partial charge on any atom is -0.459 e. The van der Waals surface area contributed by atoms with Gasteiger partial charge in [-0.1, -0.05) is 38.2 Å². The Balaban J connectivity index is 1.69. The van der Waals surface area contributed by atoms with Gasteiger partial charge in [-0.3, -0.25) is 0 Å². The van der Waals surface area contributed by atoms with E-state index < -0.39 is 0 Å². The molecule has 120 valence electrons. The first-order valence-electron chi connectivity index (χ1n) is 8.49. The van der Waals surface area contributed by atoms with Crippen molar-refractivity contribution < 1.29 is 14.6 Å². The first-order valence-corrected chi connectivity index (χ1v) is 8.49. The maximum atomic E-state index is 11.3. The molecule has 0 spiro atoms. The van der Waals surface area contributed by atoms with E-state index in [0.29, 0.717) is 17.8 Å². The summed E-state index contributed by atoms with van der Waals surface area (Å²) < 4.78 is 5.37. The fraction of sp³-hybridized carbons (Fsp3) is 0.632. The van der Waals surface area contributed by atoms with E-state index in [2.05, 4.69) is 32.1 Å². The van der Waals surface area contributed by atoms with Crippen molar-refractivity contribution in [1.82, 2.24) is 0 Å². The average Bonchev–Trinajstić information content (AvgIpc) is 2.46. The number of cyclic esters (lactones) is 1. The molecule has 22 heavy (non-hydrogen) atoms. The number of allylic oxidation sites excluding steroid dienone is 3. The summed E-state index contributed by atoms with van der Waals surface area (Å²) in [7, 11) is 0. The monoisotopic (exact) mass is 302 g/mol. The van der Waals surface area contributed by atoms with Gasteiger partial charge in [0.25, 0.3) is 0 Å². The topological polar surface area (TPSA) is 46.5 Å². The van der Waals surface area contributed by atoms with E-state index in [1.54, 1.807) is 0 Å². The molecule has 1 aliphatic heterocycles. The zero-order valence-electron chi connectivity index (χ0n) is 13.4. The molecule has 6 atom stereocenters. The zero-order valence-corrected chi connectivity index (χ0v) is 13.4. The first-order chi connectivity index (χ1) is 10.5. The average molecular weight is 302 g/mol. The molecular formula is C19H26O3. The summed E-state index contributed by atoms with van der Waals surface area (Å²) in [5, 5.41) is 10.6. The molecule has 0 amide bonds. The summed E-state index contributed by atoms with van der Waals surface area (Å²) in [5.74, 6) is 1.36. The van der Waals surface area contributed by atoms with Gasteiger partial charge in [-0.2, -0.15) is 0 Å². The number of carbonyl (C=O) groups is 1. The number of fused-ring (bicyclic) bond motifs is 1. The second-order valence-electron chi connectivity index (χ2n) is 7.13. The summed E-state index contributed by atoms with van der Waals surface area (Å²) in [6, 6.07) is 0. The molecule has 0 saturated carbocycles. The van der Waals surface area contributed by atoms with Crippen molar-refractivity contribution in [2.45, 2.75) is 51.7 Å². The van der Waals surface area contributed by atoms with Crippen molar-refractivity contribution in [3.8, 4) is 0 Å². The van der Waals surface area contributed by atoms with E-state index in [-0.39, 0.29) is 24.1 Å². The van der Waals surface area contributed by atoms with E-state index in [0.717, 1.165) is 25.7 Å². The van der Waals surface area contributed by atoms with Crippen LogP contribution < -0.4 is 0 Å². The summed E-state index contributed by atoms with van der Waals surface area (Å²) in [6.07, 6.45) is 13.5. The van der Waals surface area contributed by atoms with E-state index in [1.165, 1.54) is 11.6 Å². The third kappa shape index (κ3) is 3.19. The first kappa shape index (κ1) is 15.5. The van der Waals surface area contributed by atoms with Crippen molar-refractivity contribution in [2.24, 2.45) is 23.7 Å². The zero-order chi connectivity index (χ0) is 15.7. The predicted molar refractivity (Wildman–Crippen MR) is 86.0 cm³/mol. The molecule has 3 nitrogen and oxygen atoms in total. The molecule has 1 N–H and O–H groups in total. The van der Waals surface area contributed by atoms with E-state index in [1.807, 2.05) is 6.08 Å². The molecule has 3 heteroatoms. The lowest BCUT2D eigenvalue weighted by Crippen LogP contribution is -2.38. The molecule has 0 radical (unpaired) electrons. The molecular weight excluding hydrogens is 276 g/mol. The Morgan fingerprint density at radius 2 is 2.09 bits per heavy atom. The van der Waals surface area contributed by atoms with Crippen LogP contribution in [0.15, 0.2) is 36.0 Å². The molecule has 0 aromatic rings. The van der Waals surface area contributed by atoms with Gasteiger partial charge in [0.15, 0.2) is 0 Å². The van der Waals surface area contributed by atoms with E-state index in [4.69, 9.17) is 4.74 Å². The van der Waals surface area contributed by atoms with Crippen LogP contribution in [0.25, 0.3) is 0 Å². The smallest absolute Gasteiger partial charge is 0.330 e. The Hall–Kier alpha value is -1.35. The van der Waals surface area contributed by atoms with Crippen LogP contribution in [-0.4, -0.2) is 23.3 Å². The SMILES string of the molecule is C[C@H]1C=C2C=C[C@H](C)[C@H](CCC3CC=CC(=O)O3)C2[C@@H](O)C1. The number of ether oxygens (including phenoxy) is 1. The van der Waals surface area contributed by atoms with Gasteiger partial charge >= 0.3 is 5.97 Å². The largest absolute Gasteiger partial charge is 0.459 e. The Morgan fingerprint density at radius 1 is 1.27 bits per heavy atom. The van der Waals surface area contributed by atoms with Crippen molar-refractivity contribution in [3.63, 3.8) is 0 Å². The van der Waals surface area contributed by atoms with Gasteiger partial charge in [0.05, 0.1) is 6.10 Å². The van der Waals surface area contributed by atoms with E-state index >= 15 is 0 Å². The van der Waals surface area contributed by atoms with Crippen molar-refractivity contribution in [2.75, 3.05) is 0 Å². The molecule has 2 aliphatic carbocycles. The lowest BCUT2D eigenvalue weighted by molar-refractivity contribution is -0.144. The molecule has 0 bridgehead atoms. The molecule has 0 saturated heterocycles. The van der Waals surface area contributed by atoms with Crippen LogP contribution in [0, 0.1) is 23.7 Å². The highest BCUT2D eigenvalue weighted by atomic mass is 16.5. The van der Waals surface area contributed by atoms with Crippen LogP contribution in [0.3, 0.4) is 0 Å². The highest BCUT2D eigenvalue weighted by Crippen LogP contribution is 2.43. The van der Waals surface area contributed by atoms with Crippen molar-refractivity contribution in [1.29, 1.82) is 0 Å². The Labute approximate surface area is 132 Å². The van der Waals surface area contributed by atoms with Gasteiger partial charge in [-0.15, -0.1) is 0 Å². The standard InChI is InChI=1S/C19H26O3/c1-12-10-14-7-6-13(2)16(19(14)17(20)11-12)9-8-15-4-3-5-18(21)22-15/h3,5-7,10,12-13,15-17,19-20H,4,8-9,11H2,1-2H3/t12-,13-,15?,16-,17-,19?/m0/s1. The lowest BCUT2D eigenvalue weighted by atomic mass is 9.65. The van der Waals surface area contributed by atoms with Crippen molar-refractivity contribution in [3.05, 3.63) is 36.0 Å². The number of hydrogen-bond acceptors (Lipinski definition) is 3. The van der Waals surface area contributed by atoms with Crippen LogP contribution in [0.5, 0.6) is 0 Å². The van der Waals surface area contributed by atoms with Gasteiger partial charge in [-0.05, 0) is 42.6 Å². The number of carbonyl (C=O) groups excluding carboxylic acids is 1. The number of rotatable bonds is 3. The summed E-state index contributed by atoms with van der Waals surface area (Å²) in [5.41, 5.74) is 1.30. The highest BCUT2D eigenvalue weighted by molar-refractivity contribution is 5.82. The molecule has 0 aromatic heterocycles. The second kappa shape index (κ2) is 6.41. The van der Waals surface area contributed by atoms with Gasteiger partial charge in [0.1, 0.15) is 6.10 Å². The van der Waals surface area contributed by atoms with Crippen molar-refractivity contribution >= 4 is 5.97 Å². The van der Waals surface area contributed by atoms with Crippen LogP contribution in [-0.2, 0) is 9.53 Å². The highest BCUT2D eigenvalue weighted by Gasteiger charge is 2.38. The van der Waals surface area contributed by atoms with Gasteiger partial charge in [0.2, 0.25) is 0 Å². The summed E-state index contributed by atoms with van der Waals surface area (Å²) >= 11 is 0. The third-order valence-corrected chi connectivity index (χ3v) is 5.38. The van der Waals surface area contributed by atoms with Gasteiger partial charge in [-0.25, -0.2) is 4.79 Å². The number of aliphatic hydroxyl groups is 1. The van der Waals surface area contributed by atoms with Crippen LogP contribution >= 0.6 is 0 Å². The fourth-order valence-electron chi connectivity index (χ4n) is 4.25. The molecule has 0 fully saturated rings. The summed E-state index contributed by atoms with van der Waals surface area (Å²) in [4.78, 5) is 11.3. The molecule has 1 heterocycles. The minimum absolute atomic E-state index is 0.00249. The number of hydrogen-bond donors (Lipinski definition) is 1. The fourth-order valence-corrected chi connectivity index (χ4v) is 4.25. The molecule has 3 rings (SSSR count). The Bertz CT molecular complexity index is 517. The maximum Gasteiger partial charge on any atom is 0.330 e. The number of aliphatic hydroxyl groups excluding tert-OH is 1. The quantitative estimate of drug-likeness (QED) is 0.813. The molecule has 3 aliphatic rings. The normalized spacial score (nSPS) is 40.9.